The highest BCUT2D eigenvalue weighted by Gasteiger charge is 2.37. The first-order chi connectivity index (χ1) is 19.3. The van der Waals surface area contributed by atoms with Crippen LogP contribution in [0.5, 0.6) is 46.0 Å². The van der Waals surface area contributed by atoms with Crippen LogP contribution in [0.2, 0.25) is 0 Å². The van der Waals surface area contributed by atoms with Crippen molar-refractivity contribution < 1.29 is 38.3 Å². The number of rotatable bonds is 12. The molecule has 0 spiro atoms. The maximum absolute atomic E-state index is 10.4. The van der Waals surface area contributed by atoms with Crippen LogP contribution >= 0.6 is 0 Å². The van der Waals surface area contributed by atoms with Crippen LogP contribution in [0.4, 0.5) is 0 Å². The van der Waals surface area contributed by atoms with Crippen LogP contribution in [-0.2, 0) is 6.42 Å². The molecule has 216 valence electrons. The summed E-state index contributed by atoms with van der Waals surface area (Å²) in [6.07, 6.45) is 2.01. The Morgan fingerprint density at radius 3 is 1.85 bits per heavy atom. The smallest absolute Gasteiger partial charge is 0.204 e. The lowest BCUT2D eigenvalue weighted by atomic mass is 9.90. The first-order valence-electron chi connectivity index (χ1n) is 13.6. The van der Waals surface area contributed by atoms with Gasteiger partial charge in [0.2, 0.25) is 11.5 Å². The van der Waals surface area contributed by atoms with Gasteiger partial charge in [-0.3, -0.25) is 0 Å². The molecule has 0 saturated heterocycles. The monoisotopic (exact) mass is 552 g/mol. The fraction of sp³-hybridized carbons (Fsp3) is 0.438. The zero-order valence-corrected chi connectivity index (χ0v) is 24.6. The molecule has 0 aliphatic carbocycles. The number of fused-ring (bicyclic) bond motifs is 1. The van der Waals surface area contributed by atoms with E-state index < -0.39 is 0 Å². The molecule has 4 rings (SSSR count). The number of phenolic OH excluding ortho intramolecular Hbond substituents is 1. The maximum Gasteiger partial charge on any atom is 0.204 e. The summed E-state index contributed by atoms with van der Waals surface area (Å²) in [4.78, 5) is 0. The molecule has 1 N–H and O–H groups in total. The van der Waals surface area contributed by atoms with Crippen molar-refractivity contribution in [2.75, 3.05) is 35.5 Å². The quantitative estimate of drug-likeness (QED) is 0.253. The lowest BCUT2D eigenvalue weighted by Gasteiger charge is -2.23. The predicted molar refractivity (Wildman–Crippen MR) is 153 cm³/mol. The van der Waals surface area contributed by atoms with E-state index in [4.69, 9.17) is 33.2 Å². The Hall–Kier alpha value is -3.94. The lowest BCUT2D eigenvalue weighted by molar-refractivity contribution is 0.183. The molecule has 0 saturated carbocycles. The van der Waals surface area contributed by atoms with Crippen molar-refractivity contribution in [2.24, 2.45) is 0 Å². The van der Waals surface area contributed by atoms with Crippen LogP contribution in [0.15, 0.2) is 36.4 Å². The summed E-state index contributed by atoms with van der Waals surface area (Å²) in [6.45, 7) is 6.32. The number of ether oxygens (including phenoxy) is 7. The van der Waals surface area contributed by atoms with Gasteiger partial charge in [-0.25, -0.2) is 0 Å². The van der Waals surface area contributed by atoms with Crippen molar-refractivity contribution >= 4 is 0 Å². The highest BCUT2D eigenvalue weighted by atomic mass is 16.5. The molecule has 0 radical (unpaired) electrons. The van der Waals surface area contributed by atoms with Gasteiger partial charge < -0.3 is 38.3 Å². The van der Waals surface area contributed by atoms with Crippen molar-refractivity contribution in [3.63, 3.8) is 0 Å². The molecule has 0 fully saturated rings. The van der Waals surface area contributed by atoms with E-state index in [1.54, 1.807) is 33.5 Å². The van der Waals surface area contributed by atoms with E-state index in [-0.39, 0.29) is 23.9 Å². The topological polar surface area (TPSA) is 84.8 Å². The van der Waals surface area contributed by atoms with Crippen LogP contribution in [0, 0.1) is 0 Å². The molecular weight excluding hydrogens is 512 g/mol. The highest BCUT2D eigenvalue weighted by molar-refractivity contribution is 5.59. The molecule has 8 heteroatoms. The Morgan fingerprint density at radius 2 is 1.35 bits per heavy atom. The van der Waals surface area contributed by atoms with Gasteiger partial charge >= 0.3 is 0 Å². The summed E-state index contributed by atoms with van der Waals surface area (Å²) in [5.41, 5.74) is 3.92. The zero-order chi connectivity index (χ0) is 29.0. The predicted octanol–water partition coefficient (Wildman–Crippen LogP) is 7.16. The van der Waals surface area contributed by atoms with Gasteiger partial charge in [-0.05, 0) is 60.4 Å². The van der Waals surface area contributed by atoms with Crippen LogP contribution < -0.4 is 33.2 Å². The summed E-state index contributed by atoms with van der Waals surface area (Å²) in [7, 11) is 7.93. The molecule has 3 aromatic rings. The van der Waals surface area contributed by atoms with Crippen LogP contribution in [0.25, 0.3) is 0 Å². The summed E-state index contributed by atoms with van der Waals surface area (Å²) in [5, 5.41) is 10.4. The lowest BCUT2D eigenvalue weighted by Crippen LogP contribution is -2.10. The molecule has 40 heavy (non-hydrogen) atoms. The number of hydrogen-bond donors (Lipinski definition) is 1. The molecule has 1 aliphatic rings. The Kier molecular flexibility index (Phi) is 9.07. The average molecular weight is 553 g/mol. The Bertz CT molecular complexity index is 1280. The van der Waals surface area contributed by atoms with Gasteiger partial charge in [0.25, 0.3) is 0 Å². The van der Waals surface area contributed by atoms with E-state index in [2.05, 4.69) is 26.8 Å². The molecule has 3 aromatic carbocycles. The normalized spacial score (nSPS) is 16.5. The van der Waals surface area contributed by atoms with Gasteiger partial charge in [0.05, 0.1) is 35.5 Å². The average Bonchev–Trinajstić information content (AvgIpc) is 3.31. The van der Waals surface area contributed by atoms with E-state index in [1.165, 1.54) is 14.2 Å². The van der Waals surface area contributed by atoms with E-state index >= 15 is 0 Å². The van der Waals surface area contributed by atoms with Gasteiger partial charge in [0.1, 0.15) is 12.2 Å². The molecule has 3 unspecified atom stereocenters. The second-order valence-corrected chi connectivity index (χ2v) is 9.84. The van der Waals surface area contributed by atoms with Crippen molar-refractivity contribution in [2.45, 2.75) is 58.2 Å². The number of aromatic hydroxyl groups is 1. The standard InChI is InChI=1S/C32H40O8/c1-9-11-19-12-26(36-6)32(27(13-19)37-7)39-23(10-2)20-14-22-18(3)30(40-31(22)28(15-20)38-8)21-16-24(34-4)29(33)25(17-21)35-5/h12-18,23,30,33H,9-11H2,1-8H3. The number of aryl methyl sites for hydroxylation is 1. The molecule has 0 bridgehead atoms. The van der Waals surface area contributed by atoms with E-state index in [0.29, 0.717) is 46.7 Å². The van der Waals surface area contributed by atoms with Gasteiger partial charge in [-0.1, -0.05) is 27.2 Å². The number of hydrogen-bond acceptors (Lipinski definition) is 8. The number of methoxy groups -OCH3 is 5. The minimum atomic E-state index is -0.338. The molecule has 3 atom stereocenters. The fourth-order valence-corrected chi connectivity index (χ4v) is 5.29. The third-order valence-corrected chi connectivity index (χ3v) is 7.41. The second-order valence-electron chi connectivity index (χ2n) is 9.84. The van der Waals surface area contributed by atoms with E-state index in [0.717, 1.165) is 35.1 Å². The maximum atomic E-state index is 10.4. The molecule has 1 heterocycles. The Balaban J connectivity index is 1.72. The number of benzene rings is 3. The Labute approximate surface area is 236 Å². The Morgan fingerprint density at radius 1 is 0.775 bits per heavy atom. The van der Waals surface area contributed by atoms with Crippen LogP contribution in [0.1, 0.15) is 74.0 Å². The van der Waals surface area contributed by atoms with Gasteiger partial charge in [0, 0.05) is 17.0 Å². The molecule has 8 nitrogen and oxygen atoms in total. The molecule has 0 amide bonds. The van der Waals surface area contributed by atoms with Gasteiger partial charge in [0.15, 0.2) is 34.5 Å². The molecule has 1 aliphatic heterocycles. The SMILES string of the molecule is CCCc1cc(OC)c(OC(CC)c2cc(OC)c3c(c2)C(C)C(c2cc(OC)c(O)c(OC)c2)O3)c(OC)c1. The summed E-state index contributed by atoms with van der Waals surface area (Å²) in [5.74, 6) is 3.72. The summed E-state index contributed by atoms with van der Waals surface area (Å²) < 4.78 is 41.0. The second kappa shape index (κ2) is 12.5. The first-order valence-corrected chi connectivity index (χ1v) is 13.6. The van der Waals surface area contributed by atoms with Crippen molar-refractivity contribution in [1.29, 1.82) is 0 Å². The molecular formula is C32H40O8. The third-order valence-electron chi connectivity index (χ3n) is 7.41. The van der Waals surface area contributed by atoms with Crippen molar-refractivity contribution in [3.8, 4) is 46.0 Å². The number of phenols is 1. The molecule has 0 aromatic heterocycles. The third kappa shape index (κ3) is 5.40. The van der Waals surface area contributed by atoms with Gasteiger partial charge in [-0.2, -0.15) is 0 Å². The van der Waals surface area contributed by atoms with E-state index in [1.807, 2.05) is 18.2 Å². The fourth-order valence-electron chi connectivity index (χ4n) is 5.29. The van der Waals surface area contributed by atoms with Gasteiger partial charge in [-0.15, -0.1) is 0 Å². The minimum absolute atomic E-state index is 0.0299. The summed E-state index contributed by atoms with van der Waals surface area (Å²) in [6, 6.07) is 11.7. The summed E-state index contributed by atoms with van der Waals surface area (Å²) >= 11 is 0. The zero-order valence-electron chi connectivity index (χ0n) is 24.6. The minimum Gasteiger partial charge on any atom is -0.502 e. The highest BCUT2D eigenvalue weighted by Crippen LogP contribution is 2.53. The van der Waals surface area contributed by atoms with Crippen LogP contribution in [-0.4, -0.2) is 40.7 Å². The first kappa shape index (κ1) is 29.1. The van der Waals surface area contributed by atoms with E-state index in [9.17, 15) is 5.11 Å². The van der Waals surface area contributed by atoms with Crippen LogP contribution in [0.3, 0.4) is 0 Å². The van der Waals surface area contributed by atoms with Crippen molar-refractivity contribution in [3.05, 3.63) is 58.7 Å². The largest absolute Gasteiger partial charge is 0.502 e. The van der Waals surface area contributed by atoms with Crippen molar-refractivity contribution in [1.82, 2.24) is 0 Å².